The second kappa shape index (κ2) is 9.33. The van der Waals surface area contributed by atoms with E-state index in [1.807, 2.05) is 38.1 Å². The van der Waals surface area contributed by atoms with Crippen molar-refractivity contribution < 1.29 is 9.59 Å². The Morgan fingerprint density at radius 1 is 1.30 bits per heavy atom. The standard InChI is InChI=1S/C21H32N4O2/c1-15-6-3-8-18(12-15)24-20(26)16(2)25-11-5-7-17(14-25)13-23-21(27)19-9-4-10-22-19/h3,6,8,12,16-17,19,22H,4-5,7,9-11,13-14H2,1-2H3,(H,23,27)(H,24,26). The van der Waals surface area contributed by atoms with Crippen LogP contribution in [0.3, 0.4) is 0 Å². The van der Waals surface area contributed by atoms with Crippen molar-refractivity contribution in [3.05, 3.63) is 29.8 Å². The zero-order chi connectivity index (χ0) is 19.2. The number of rotatable bonds is 6. The van der Waals surface area contributed by atoms with Gasteiger partial charge in [0.1, 0.15) is 0 Å². The van der Waals surface area contributed by atoms with Crippen LogP contribution in [0.5, 0.6) is 0 Å². The minimum Gasteiger partial charge on any atom is -0.354 e. The number of hydrogen-bond donors (Lipinski definition) is 3. The van der Waals surface area contributed by atoms with Gasteiger partial charge in [0.05, 0.1) is 12.1 Å². The van der Waals surface area contributed by atoms with Gasteiger partial charge in [0.2, 0.25) is 11.8 Å². The predicted molar refractivity (Wildman–Crippen MR) is 108 cm³/mol. The molecule has 2 aliphatic heterocycles. The first-order valence-electron chi connectivity index (χ1n) is 10.2. The molecule has 2 aliphatic rings. The van der Waals surface area contributed by atoms with E-state index in [1.165, 1.54) is 0 Å². The van der Waals surface area contributed by atoms with E-state index in [2.05, 4.69) is 20.9 Å². The van der Waals surface area contributed by atoms with E-state index >= 15 is 0 Å². The van der Waals surface area contributed by atoms with Gasteiger partial charge in [-0.3, -0.25) is 14.5 Å². The number of nitrogens with zero attached hydrogens (tertiary/aromatic N) is 1. The average molecular weight is 373 g/mol. The van der Waals surface area contributed by atoms with Crippen LogP contribution in [0.25, 0.3) is 0 Å². The van der Waals surface area contributed by atoms with Crippen molar-refractivity contribution >= 4 is 17.5 Å². The molecule has 1 aromatic rings. The normalized spacial score (nSPS) is 24.4. The summed E-state index contributed by atoms with van der Waals surface area (Å²) in [5.74, 6) is 0.550. The van der Waals surface area contributed by atoms with Crippen LogP contribution in [-0.4, -0.2) is 55.0 Å². The first-order chi connectivity index (χ1) is 13.0. The largest absolute Gasteiger partial charge is 0.354 e. The maximum absolute atomic E-state index is 12.6. The van der Waals surface area contributed by atoms with Crippen molar-refractivity contribution in [2.24, 2.45) is 5.92 Å². The molecule has 2 heterocycles. The molecular formula is C21H32N4O2. The fourth-order valence-corrected chi connectivity index (χ4v) is 4.03. The quantitative estimate of drug-likeness (QED) is 0.713. The average Bonchev–Trinajstić information content (AvgIpc) is 3.20. The van der Waals surface area contributed by atoms with Crippen LogP contribution in [-0.2, 0) is 9.59 Å². The first kappa shape index (κ1) is 19.8. The topological polar surface area (TPSA) is 73.5 Å². The highest BCUT2D eigenvalue weighted by Gasteiger charge is 2.28. The summed E-state index contributed by atoms with van der Waals surface area (Å²) in [7, 11) is 0. The van der Waals surface area contributed by atoms with E-state index in [-0.39, 0.29) is 23.9 Å². The fourth-order valence-electron chi connectivity index (χ4n) is 4.03. The number of likely N-dealkylation sites (tertiary alicyclic amines) is 1. The lowest BCUT2D eigenvalue weighted by molar-refractivity contribution is -0.124. The lowest BCUT2D eigenvalue weighted by Crippen LogP contribution is -2.50. The van der Waals surface area contributed by atoms with E-state index in [4.69, 9.17) is 0 Å². The molecule has 148 valence electrons. The number of amides is 2. The summed E-state index contributed by atoms with van der Waals surface area (Å²) in [6.07, 6.45) is 4.16. The van der Waals surface area contributed by atoms with E-state index in [1.54, 1.807) is 0 Å². The molecule has 6 heteroatoms. The number of hydrogen-bond acceptors (Lipinski definition) is 4. The maximum Gasteiger partial charge on any atom is 0.241 e. The summed E-state index contributed by atoms with van der Waals surface area (Å²) < 4.78 is 0. The maximum atomic E-state index is 12.6. The highest BCUT2D eigenvalue weighted by molar-refractivity contribution is 5.94. The Morgan fingerprint density at radius 2 is 2.15 bits per heavy atom. The monoisotopic (exact) mass is 372 g/mol. The third-order valence-corrected chi connectivity index (χ3v) is 5.70. The Hall–Kier alpha value is -1.92. The van der Waals surface area contributed by atoms with Gasteiger partial charge in [-0.1, -0.05) is 12.1 Å². The van der Waals surface area contributed by atoms with Crippen LogP contribution in [0, 0.1) is 12.8 Å². The van der Waals surface area contributed by atoms with E-state index in [9.17, 15) is 9.59 Å². The van der Waals surface area contributed by atoms with Crippen molar-refractivity contribution in [3.8, 4) is 0 Å². The van der Waals surface area contributed by atoms with Crippen LogP contribution < -0.4 is 16.0 Å². The second-order valence-corrected chi connectivity index (χ2v) is 7.93. The molecule has 0 spiro atoms. The molecule has 3 unspecified atom stereocenters. The lowest BCUT2D eigenvalue weighted by Gasteiger charge is -2.36. The Morgan fingerprint density at radius 3 is 2.89 bits per heavy atom. The zero-order valence-corrected chi connectivity index (χ0v) is 16.5. The highest BCUT2D eigenvalue weighted by atomic mass is 16.2. The Balaban J connectivity index is 1.47. The number of piperidine rings is 1. The third-order valence-electron chi connectivity index (χ3n) is 5.70. The SMILES string of the molecule is Cc1cccc(NC(=O)C(C)N2CCCC(CNC(=O)C3CCCN3)C2)c1. The van der Waals surface area contributed by atoms with E-state index in [0.29, 0.717) is 12.5 Å². The molecule has 1 aromatic carbocycles. The van der Waals surface area contributed by atoms with Crippen LogP contribution in [0.4, 0.5) is 5.69 Å². The molecule has 2 saturated heterocycles. The van der Waals surface area contributed by atoms with Gasteiger partial charge in [0, 0.05) is 18.8 Å². The van der Waals surface area contributed by atoms with Crippen molar-refractivity contribution in [2.75, 3.05) is 31.5 Å². The smallest absolute Gasteiger partial charge is 0.241 e. The Labute approximate surface area is 162 Å². The number of anilines is 1. The van der Waals surface area contributed by atoms with Crippen molar-refractivity contribution in [1.82, 2.24) is 15.5 Å². The molecular weight excluding hydrogens is 340 g/mol. The summed E-state index contributed by atoms with van der Waals surface area (Å²) >= 11 is 0. The zero-order valence-electron chi connectivity index (χ0n) is 16.5. The number of carbonyl (C=O) groups is 2. The molecule has 2 fully saturated rings. The van der Waals surface area contributed by atoms with Gasteiger partial charge in [-0.05, 0) is 76.2 Å². The molecule has 6 nitrogen and oxygen atoms in total. The minimum absolute atomic E-state index is 0.0243. The minimum atomic E-state index is -0.180. The molecule has 2 amide bonds. The van der Waals surface area contributed by atoms with E-state index < -0.39 is 0 Å². The van der Waals surface area contributed by atoms with Gasteiger partial charge in [0.15, 0.2) is 0 Å². The number of aryl methyl sites for hydroxylation is 1. The molecule has 0 aromatic heterocycles. The summed E-state index contributed by atoms with van der Waals surface area (Å²) in [4.78, 5) is 27.1. The van der Waals surface area contributed by atoms with Gasteiger partial charge in [-0.25, -0.2) is 0 Å². The highest BCUT2D eigenvalue weighted by Crippen LogP contribution is 2.19. The van der Waals surface area contributed by atoms with Crippen molar-refractivity contribution in [3.63, 3.8) is 0 Å². The van der Waals surface area contributed by atoms with Gasteiger partial charge < -0.3 is 16.0 Å². The van der Waals surface area contributed by atoms with Crippen LogP contribution in [0.15, 0.2) is 24.3 Å². The summed E-state index contributed by atoms with van der Waals surface area (Å²) in [6.45, 7) is 7.39. The molecule has 0 bridgehead atoms. The number of carbonyl (C=O) groups excluding carboxylic acids is 2. The first-order valence-corrected chi connectivity index (χ1v) is 10.2. The summed E-state index contributed by atoms with van der Waals surface area (Å²) in [5.41, 5.74) is 1.97. The van der Waals surface area contributed by atoms with Crippen molar-refractivity contribution in [1.29, 1.82) is 0 Å². The number of nitrogens with one attached hydrogen (secondary N) is 3. The molecule has 3 N–H and O–H groups in total. The summed E-state index contributed by atoms with van der Waals surface area (Å²) in [6, 6.07) is 7.67. The Bertz CT molecular complexity index is 657. The molecule has 3 atom stereocenters. The summed E-state index contributed by atoms with van der Waals surface area (Å²) in [5, 5.41) is 9.36. The van der Waals surface area contributed by atoms with Gasteiger partial charge >= 0.3 is 0 Å². The van der Waals surface area contributed by atoms with Crippen molar-refractivity contribution in [2.45, 2.75) is 51.6 Å². The Kier molecular flexibility index (Phi) is 6.85. The molecule has 0 saturated carbocycles. The van der Waals surface area contributed by atoms with Gasteiger partial charge in [0.25, 0.3) is 0 Å². The third kappa shape index (κ3) is 5.53. The second-order valence-electron chi connectivity index (χ2n) is 7.93. The fraction of sp³-hybridized carbons (Fsp3) is 0.619. The molecule has 0 aliphatic carbocycles. The van der Waals surface area contributed by atoms with Crippen LogP contribution in [0.2, 0.25) is 0 Å². The molecule has 3 rings (SSSR count). The number of benzene rings is 1. The van der Waals surface area contributed by atoms with Gasteiger partial charge in [-0.15, -0.1) is 0 Å². The molecule has 27 heavy (non-hydrogen) atoms. The lowest BCUT2D eigenvalue weighted by atomic mass is 9.96. The van der Waals surface area contributed by atoms with Crippen LogP contribution >= 0.6 is 0 Å². The predicted octanol–water partition coefficient (Wildman–Crippen LogP) is 1.90. The van der Waals surface area contributed by atoms with E-state index in [0.717, 1.165) is 56.6 Å². The molecule has 0 radical (unpaired) electrons. The van der Waals surface area contributed by atoms with Crippen LogP contribution in [0.1, 0.15) is 38.2 Å². The van der Waals surface area contributed by atoms with Gasteiger partial charge in [-0.2, -0.15) is 0 Å².